The summed E-state index contributed by atoms with van der Waals surface area (Å²) < 4.78 is 61.8. The largest absolute Gasteiger partial charge is 0.484 e. The van der Waals surface area contributed by atoms with Crippen molar-refractivity contribution in [3.63, 3.8) is 0 Å². The fourth-order valence-electron chi connectivity index (χ4n) is 3.41. The minimum absolute atomic E-state index is 0.175. The number of ether oxygens (including phenoxy) is 2. The van der Waals surface area contributed by atoms with E-state index in [1.807, 2.05) is 0 Å². The van der Waals surface area contributed by atoms with Gasteiger partial charge in [-0.05, 0) is 65.6 Å². The lowest BCUT2D eigenvalue weighted by Gasteiger charge is -2.21. The molecule has 0 bridgehead atoms. The summed E-state index contributed by atoms with van der Waals surface area (Å²) in [6, 6.07) is 13.6. The smallest absolute Gasteiger partial charge is 0.394 e. The van der Waals surface area contributed by atoms with E-state index in [-0.39, 0.29) is 12.7 Å². The first kappa shape index (κ1) is 23.5. The second-order valence-electron chi connectivity index (χ2n) is 7.59. The van der Waals surface area contributed by atoms with Gasteiger partial charge >= 0.3 is 12.2 Å². The van der Waals surface area contributed by atoms with E-state index < -0.39 is 18.8 Å². The lowest BCUT2D eigenvalue weighted by molar-refractivity contribution is -0.373. The summed E-state index contributed by atoms with van der Waals surface area (Å²) in [5.41, 5.74) is 3.77. The SMILES string of the molecule is CCCCc1ccc(-c2cc3ccc(OCC(F)(F)OC(C)(F)F)cc3s2)c(CC)c1. The number of benzene rings is 2. The number of rotatable bonds is 10. The van der Waals surface area contributed by atoms with Gasteiger partial charge in [-0.15, -0.1) is 11.3 Å². The lowest BCUT2D eigenvalue weighted by Crippen LogP contribution is -2.36. The molecule has 2 nitrogen and oxygen atoms in total. The van der Waals surface area contributed by atoms with Crippen LogP contribution >= 0.6 is 11.3 Å². The molecule has 2 aromatic carbocycles. The topological polar surface area (TPSA) is 18.5 Å². The minimum atomic E-state index is -4.09. The van der Waals surface area contributed by atoms with E-state index >= 15 is 0 Å². The first-order valence-electron chi connectivity index (χ1n) is 10.3. The molecule has 0 fully saturated rings. The van der Waals surface area contributed by atoms with Gasteiger partial charge in [-0.1, -0.05) is 38.5 Å². The van der Waals surface area contributed by atoms with Crippen molar-refractivity contribution in [3.05, 3.63) is 53.6 Å². The van der Waals surface area contributed by atoms with Crippen LogP contribution in [0, 0.1) is 0 Å². The average molecular weight is 455 g/mol. The Labute approximate surface area is 183 Å². The van der Waals surface area contributed by atoms with Gasteiger partial charge in [0.05, 0.1) is 0 Å². The Bertz CT molecular complexity index is 1020. The first-order valence-corrected chi connectivity index (χ1v) is 11.2. The number of halogens is 4. The highest BCUT2D eigenvalue weighted by Crippen LogP contribution is 2.38. The standard InChI is InChI=1S/C24H26F4O2S/c1-4-6-7-16-8-11-20(17(5-2)12-16)22-13-18-9-10-19(14-21(18)31-22)29-15-24(27,28)30-23(3,25)26/h8-14H,4-7,15H2,1-3H3. The maximum absolute atomic E-state index is 13.5. The number of thiophene rings is 1. The number of unbranched alkanes of at least 4 members (excludes halogenated alkanes) is 1. The third-order valence-corrected chi connectivity index (χ3v) is 5.99. The third kappa shape index (κ3) is 6.43. The average Bonchev–Trinajstić information content (AvgIpc) is 3.12. The maximum Gasteiger partial charge on any atom is 0.394 e. The van der Waals surface area contributed by atoms with Gasteiger partial charge in [0.2, 0.25) is 0 Å². The second kappa shape index (κ2) is 9.57. The first-order chi connectivity index (χ1) is 14.6. The summed E-state index contributed by atoms with van der Waals surface area (Å²) in [7, 11) is 0. The maximum atomic E-state index is 13.5. The molecule has 0 N–H and O–H groups in total. The van der Waals surface area contributed by atoms with E-state index in [0.29, 0.717) is 0 Å². The van der Waals surface area contributed by atoms with Gasteiger partial charge in [0.15, 0.2) is 6.61 Å². The Morgan fingerprint density at radius 1 is 0.968 bits per heavy atom. The number of hydrogen-bond donors (Lipinski definition) is 0. The molecule has 7 heteroatoms. The van der Waals surface area contributed by atoms with Crippen LogP contribution < -0.4 is 4.74 Å². The van der Waals surface area contributed by atoms with Gasteiger partial charge in [0.25, 0.3) is 0 Å². The summed E-state index contributed by atoms with van der Waals surface area (Å²) >= 11 is 1.54. The quantitative estimate of drug-likeness (QED) is 0.288. The van der Waals surface area contributed by atoms with Crippen LogP contribution in [0.2, 0.25) is 0 Å². The number of hydrogen-bond acceptors (Lipinski definition) is 3. The van der Waals surface area contributed by atoms with Gasteiger partial charge in [-0.25, -0.2) is 0 Å². The Kier molecular flexibility index (Phi) is 7.27. The van der Waals surface area contributed by atoms with E-state index in [9.17, 15) is 17.6 Å². The van der Waals surface area contributed by atoms with E-state index in [1.54, 1.807) is 29.5 Å². The molecule has 168 valence electrons. The molecule has 0 saturated carbocycles. The third-order valence-electron chi connectivity index (χ3n) is 4.86. The second-order valence-corrected chi connectivity index (χ2v) is 8.68. The van der Waals surface area contributed by atoms with Crippen LogP contribution in [0.25, 0.3) is 20.5 Å². The van der Waals surface area contributed by atoms with Crippen molar-refractivity contribution in [1.29, 1.82) is 0 Å². The molecule has 1 aromatic heterocycles. The molecule has 0 aliphatic carbocycles. The van der Waals surface area contributed by atoms with Gasteiger partial charge in [0, 0.05) is 16.5 Å². The van der Waals surface area contributed by atoms with Gasteiger partial charge in [0.1, 0.15) is 5.75 Å². The zero-order valence-corrected chi connectivity index (χ0v) is 18.6. The predicted molar refractivity (Wildman–Crippen MR) is 117 cm³/mol. The van der Waals surface area contributed by atoms with Crippen LogP contribution in [0.4, 0.5) is 17.6 Å². The van der Waals surface area contributed by atoms with E-state index in [2.05, 4.69) is 42.8 Å². The number of alkyl halides is 4. The summed E-state index contributed by atoms with van der Waals surface area (Å²) in [4.78, 5) is 1.09. The predicted octanol–water partition coefficient (Wildman–Crippen LogP) is 8.07. The van der Waals surface area contributed by atoms with Gasteiger partial charge in [-0.3, -0.25) is 4.74 Å². The molecule has 0 radical (unpaired) electrons. The molecule has 0 unspecified atom stereocenters. The molecule has 3 rings (SSSR count). The Morgan fingerprint density at radius 3 is 2.42 bits per heavy atom. The summed E-state index contributed by atoms with van der Waals surface area (Å²) in [5.74, 6) is 0.175. The van der Waals surface area contributed by atoms with E-state index in [4.69, 9.17) is 4.74 Å². The summed E-state index contributed by atoms with van der Waals surface area (Å²) in [5, 5.41) is 0.965. The van der Waals surface area contributed by atoms with Crippen LogP contribution in [-0.2, 0) is 17.6 Å². The molecular formula is C24H26F4O2S. The number of fused-ring (bicyclic) bond motifs is 1. The van der Waals surface area contributed by atoms with Gasteiger partial charge < -0.3 is 4.74 Å². The van der Waals surface area contributed by atoms with Crippen LogP contribution in [0.15, 0.2) is 42.5 Å². The molecule has 1 heterocycles. The zero-order chi connectivity index (χ0) is 22.6. The van der Waals surface area contributed by atoms with Crippen molar-refractivity contribution < 1.29 is 27.0 Å². The molecule has 0 amide bonds. The fourth-order valence-corrected chi connectivity index (χ4v) is 4.56. The highest BCUT2D eigenvalue weighted by atomic mass is 32.1. The fraction of sp³-hybridized carbons (Fsp3) is 0.417. The van der Waals surface area contributed by atoms with Crippen molar-refractivity contribution in [2.45, 2.75) is 58.7 Å². The lowest BCUT2D eigenvalue weighted by atomic mass is 9.98. The molecule has 0 aliphatic heterocycles. The molecule has 0 spiro atoms. The van der Waals surface area contributed by atoms with Crippen LogP contribution in [0.1, 0.15) is 44.7 Å². The van der Waals surface area contributed by atoms with Crippen LogP contribution in [0.5, 0.6) is 5.75 Å². The van der Waals surface area contributed by atoms with Crippen molar-refractivity contribution in [1.82, 2.24) is 0 Å². The van der Waals surface area contributed by atoms with Crippen molar-refractivity contribution in [3.8, 4) is 16.2 Å². The molecule has 0 saturated heterocycles. The Hall–Kier alpha value is -2.12. The summed E-state index contributed by atoms with van der Waals surface area (Å²) in [6.45, 7) is 3.28. The number of aryl methyl sites for hydroxylation is 2. The molecule has 3 aromatic rings. The zero-order valence-electron chi connectivity index (χ0n) is 17.8. The highest BCUT2D eigenvalue weighted by Gasteiger charge is 2.41. The Morgan fingerprint density at radius 2 is 1.74 bits per heavy atom. The molecular weight excluding hydrogens is 428 g/mol. The highest BCUT2D eigenvalue weighted by molar-refractivity contribution is 7.22. The molecule has 0 atom stereocenters. The van der Waals surface area contributed by atoms with Crippen molar-refractivity contribution in [2.75, 3.05) is 6.61 Å². The van der Waals surface area contributed by atoms with Gasteiger partial charge in [-0.2, -0.15) is 17.6 Å². The minimum Gasteiger partial charge on any atom is -0.484 e. The van der Waals surface area contributed by atoms with E-state index in [1.165, 1.54) is 11.1 Å². The van der Waals surface area contributed by atoms with Crippen LogP contribution in [-0.4, -0.2) is 18.8 Å². The van der Waals surface area contributed by atoms with Crippen LogP contribution in [0.3, 0.4) is 0 Å². The monoisotopic (exact) mass is 454 g/mol. The molecule has 31 heavy (non-hydrogen) atoms. The van der Waals surface area contributed by atoms with Crippen molar-refractivity contribution in [2.24, 2.45) is 0 Å². The normalized spacial score (nSPS) is 12.5. The molecule has 0 aliphatic rings. The van der Waals surface area contributed by atoms with Crippen molar-refractivity contribution >= 4 is 21.4 Å². The summed E-state index contributed by atoms with van der Waals surface area (Å²) in [6.07, 6.45) is -3.74. The Balaban J connectivity index is 1.80. The van der Waals surface area contributed by atoms with E-state index in [0.717, 1.165) is 46.2 Å².